The monoisotopic (exact) mass is 421 g/mol. The third-order valence-electron chi connectivity index (χ3n) is 6.02. The van der Waals surface area contributed by atoms with Crippen LogP contribution in [0.3, 0.4) is 0 Å². The van der Waals surface area contributed by atoms with Gasteiger partial charge in [-0.05, 0) is 42.7 Å². The second kappa shape index (κ2) is 9.20. The van der Waals surface area contributed by atoms with E-state index < -0.39 is 5.91 Å². The van der Waals surface area contributed by atoms with E-state index >= 15 is 0 Å². The number of hydrogen-bond donors (Lipinski definition) is 1. The maximum atomic E-state index is 12.6. The van der Waals surface area contributed by atoms with Crippen LogP contribution in [0.15, 0.2) is 48.5 Å². The second-order valence-corrected chi connectivity index (χ2v) is 8.05. The maximum Gasteiger partial charge on any atom is 0.312 e. The Morgan fingerprint density at radius 3 is 2.48 bits per heavy atom. The zero-order valence-corrected chi connectivity index (χ0v) is 17.7. The molecule has 2 fully saturated rings. The van der Waals surface area contributed by atoms with E-state index in [9.17, 15) is 14.4 Å². The Labute approximate surface area is 182 Å². The van der Waals surface area contributed by atoms with Crippen LogP contribution in [0.25, 0.3) is 0 Å². The molecule has 2 aliphatic rings. The average molecular weight is 421 g/mol. The fourth-order valence-electron chi connectivity index (χ4n) is 4.29. The number of carbonyl (C=O) groups excluding carboxylic acids is 3. The SMILES string of the molecule is COc1cccc(NC(=O)c2ccc(CN3CCN(C4CCCC4)C(=O)C3=O)cc2)c1. The zero-order chi connectivity index (χ0) is 21.8. The predicted molar refractivity (Wildman–Crippen MR) is 117 cm³/mol. The second-order valence-electron chi connectivity index (χ2n) is 8.05. The summed E-state index contributed by atoms with van der Waals surface area (Å²) in [5, 5.41) is 2.84. The third kappa shape index (κ3) is 4.71. The van der Waals surface area contributed by atoms with Gasteiger partial charge in [0.1, 0.15) is 5.75 Å². The van der Waals surface area contributed by atoms with Crippen LogP contribution in [0.5, 0.6) is 5.75 Å². The van der Waals surface area contributed by atoms with Gasteiger partial charge in [0.25, 0.3) is 5.91 Å². The number of nitrogens with zero attached hydrogens (tertiary/aromatic N) is 2. The highest BCUT2D eigenvalue weighted by atomic mass is 16.5. The summed E-state index contributed by atoms with van der Waals surface area (Å²) >= 11 is 0. The van der Waals surface area contributed by atoms with Crippen LogP contribution in [0.2, 0.25) is 0 Å². The van der Waals surface area contributed by atoms with Gasteiger partial charge in [0.15, 0.2) is 0 Å². The molecule has 31 heavy (non-hydrogen) atoms. The first-order chi connectivity index (χ1) is 15.0. The van der Waals surface area contributed by atoms with Gasteiger partial charge in [-0.15, -0.1) is 0 Å². The van der Waals surface area contributed by atoms with E-state index in [1.54, 1.807) is 41.2 Å². The van der Waals surface area contributed by atoms with Gasteiger partial charge in [-0.2, -0.15) is 0 Å². The first-order valence-corrected chi connectivity index (χ1v) is 10.7. The molecule has 0 bridgehead atoms. The Balaban J connectivity index is 1.35. The number of methoxy groups -OCH3 is 1. The Kier molecular flexibility index (Phi) is 6.21. The van der Waals surface area contributed by atoms with Crippen molar-refractivity contribution in [3.8, 4) is 5.75 Å². The van der Waals surface area contributed by atoms with E-state index in [2.05, 4.69) is 5.32 Å². The van der Waals surface area contributed by atoms with Crippen molar-refractivity contribution in [2.24, 2.45) is 0 Å². The maximum absolute atomic E-state index is 12.6. The van der Waals surface area contributed by atoms with Gasteiger partial charge < -0.3 is 19.9 Å². The molecule has 1 saturated carbocycles. The molecule has 0 atom stereocenters. The summed E-state index contributed by atoms with van der Waals surface area (Å²) in [6, 6.07) is 14.5. The van der Waals surface area contributed by atoms with Crippen LogP contribution in [0, 0.1) is 0 Å². The molecule has 162 valence electrons. The lowest BCUT2D eigenvalue weighted by Gasteiger charge is -2.37. The minimum Gasteiger partial charge on any atom is -0.497 e. The molecule has 4 rings (SSSR count). The molecule has 1 N–H and O–H groups in total. The van der Waals surface area contributed by atoms with E-state index in [4.69, 9.17) is 4.74 Å². The summed E-state index contributed by atoms with van der Waals surface area (Å²) in [4.78, 5) is 41.0. The number of carbonyl (C=O) groups is 3. The first-order valence-electron chi connectivity index (χ1n) is 10.7. The number of benzene rings is 2. The number of hydrogen-bond acceptors (Lipinski definition) is 4. The minimum atomic E-state index is -0.432. The van der Waals surface area contributed by atoms with E-state index in [1.807, 2.05) is 24.3 Å². The van der Waals surface area contributed by atoms with Crippen molar-refractivity contribution in [3.05, 3.63) is 59.7 Å². The van der Waals surface area contributed by atoms with Crippen molar-refractivity contribution in [3.63, 3.8) is 0 Å². The average Bonchev–Trinajstić information content (AvgIpc) is 3.32. The van der Waals surface area contributed by atoms with Gasteiger partial charge in [-0.25, -0.2) is 0 Å². The van der Waals surface area contributed by atoms with Crippen LogP contribution < -0.4 is 10.1 Å². The molecule has 1 heterocycles. The fourth-order valence-corrected chi connectivity index (χ4v) is 4.29. The Morgan fingerprint density at radius 1 is 1.03 bits per heavy atom. The lowest BCUT2D eigenvalue weighted by atomic mass is 10.1. The highest BCUT2D eigenvalue weighted by Gasteiger charge is 2.37. The van der Waals surface area contributed by atoms with Crippen LogP contribution in [0.4, 0.5) is 5.69 Å². The van der Waals surface area contributed by atoms with Gasteiger partial charge in [0.05, 0.1) is 7.11 Å². The van der Waals surface area contributed by atoms with Gasteiger partial charge in [0.2, 0.25) is 0 Å². The molecule has 2 aromatic carbocycles. The number of piperazine rings is 1. The number of nitrogens with one attached hydrogen (secondary N) is 1. The number of rotatable bonds is 6. The zero-order valence-electron chi connectivity index (χ0n) is 17.7. The molecular formula is C24H27N3O4. The predicted octanol–water partition coefficient (Wildman–Crippen LogP) is 3.06. The topological polar surface area (TPSA) is 79.0 Å². The van der Waals surface area contributed by atoms with Crippen molar-refractivity contribution < 1.29 is 19.1 Å². The molecule has 2 aromatic rings. The Hall–Kier alpha value is -3.35. The molecule has 3 amide bonds. The van der Waals surface area contributed by atoms with E-state index in [0.29, 0.717) is 36.6 Å². The van der Waals surface area contributed by atoms with Gasteiger partial charge in [0, 0.05) is 43.0 Å². The minimum absolute atomic E-state index is 0.223. The number of ether oxygens (including phenoxy) is 1. The molecule has 1 aliphatic carbocycles. The van der Waals surface area contributed by atoms with Crippen molar-refractivity contribution >= 4 is 23.4 Å². The largest absolute Gasteiger partial charge is 0.497 e. The summed E-state index contributed by atoms with van der Waals surface area (Å²) in [5.41, 5.74) is 2.05. The van der Waals surface area contributed by atoms with Crippen molar-refractivity contribution in [2.75, 3.05) is 25.5 Å². The Morgan fingerprint density at radius 2 is 1.77 bits per heavy atom. The van der Waals surface area contributed by atoms with Crippen molar-refractivity contribution in [2.45, 2.75) is 38.3 Å². The highest BCUT2D eigenvalue weighted by molar-refractivity contribution is 6.35. The lowest BCUT2D eigenvalue weighted by Crippen LogP contribution is -2.56. The van der Waals surface area contributed by atoms with Crippen molar-refractivity contribution in [1.29, 1.82) is 0 Å². The molecule has 1 saturated heterocycles. The normalized spacial score (nSPS) is 17.2. The molecule has 0 unspecified atom stereocenters. The van der Waals surface area contributed by atoms with Gasteiger partial charge in [-0.3, -0.25) is 14.4 Å². The lowest BCUT2D eigenvalue weighted by molar-refractivity contribution is -0.158. The van der Waals surface area contributed by atoms with Gasteiger partial charge >= 0.3 is 11.8 Å². The fraction of sp³-hybridized carbons (Fsp3) is 0.375. The molecular weight excluding hydrogens is 394 g/mol. The first kappa shape index (κ1) is 20.9. The van der Waals surface area contributed by atoms with Crippen LogP contribution in [-0.2, 0) is 16.1 Å². The smallest absolute Gasteiger partial charge is 0.312 e. The molecule has 7 heteroatoms. The Bertz CT molecular complexity index is 967. The van der Waals surface area contributed by atoms with E-state index in [1.165, 1.54) is 0 Å². The van der Waals surface area contributed by atoms with Gasteiger partial charge in [-0.1, -0.05) is 31.0 Å². The number of amides is 3. The van der Waals surface area contributed by atoms with Crippen molar-refractivity contribution in [1.82, 2.24) is 9.80 Å². The van der Waals surface area contributed by atoms with E-state index in [-0.39, 0.29) is 17.9 Å². The van der Waals surface area contributed by atoms with E-state index in [0.717, 1.165) is 31.2 Å². The standard InChI is InChI=1S/C24H27N3O4/c1-31-21-8-4-5-19(15-21)25-22(28)18-11-9-17(10-12-18)16-26-13-14-27(24(30)23(26)29)20-6-2-3-7-20/h4-5,8-12,15,20H,2-3,6-7,13-14,16H2,1H3,(H,25,28). The van der Waals surface area contributed by atoms with Crippen LogP contribution in [0.1, 0.15) is 41.6 Å². The molecule has 0 radical (unpaired) electrons. The summed E-state index contributed by atoms with van der Waals surface area (Å²) in [6.07, 6.45) is 4.25. The summed E-state index contributed by atoms with van der Waals surface area (Å²) in [7, 11) is 1.58. The molecule has 7 nitrogen and oxygen atoms in total. The summed E-state index contributed by atoms with van der Waals surface area (Å²) in [6.45, 7) is 1.50. The summed E-state index contributed by atoms with van der Waals surface area (Å²) in [5.74, 6) is -0.373. The molecule has 1 aliphatic heterocycles. The van der Waals surface area contributed by atoms with Crippen LogP contribution in [-0.4, -0.2) is 53.8 Å². The quantitative estimate of drug-likeness (QED) is 0.727. The molecule has 0 aromatic heterocycles. The number of anilines is 1. The highest BCUT2D eigenvalue weighted by Crippen LogP contribution is 2.25. The molecule has 0 spiro atoms. The van der Waals surface area contributed by atoms with Crippen LogP contribution >= 0.6 is 0 Å². The summed E-state index contributed by atoms with van der Waals surface area (Å²) < 4.78 is 5.17. The third-order valence-corrected chi connectivity index (χ3v) is 6.02.